The molecular weight excluding hydrogens is 182 g/mol. The van der Waals surface area contributed by atoms with Gasteiger partial charge in [0.05, 0.1) is 13.2 Å². The molecule has 1 rings (SSSR count). The molecule has 0 spiro atoms. The number of aromatic hydroxyl groups is 1. The summed E-state index contributed by atoms with van der Waals surface area (Å²) in [6.45, 7) is 1.76. The Morgan fingerprint density at radius 2 is 2.29 bits per heavy atom. The number of methoxy groups -OCH3 is 1. The van der Waals surface area contributed by atoms with Gasteiger partial charge in [-0.05, 0) is 24.6 Å². The number of phenolic OH excluding ortho intramolecular Hbond substituents is 1. The second-order valence-electron chi connectivity index (χ2n) is 2.83. The minimum Gasteiger partial charge on any atom is -0.504 e. The van der Waals surface area contributed by atoms with Gasteiger partial charge in [0.15, 0.2) is 11.5 Å². The van der Waals surface area contributed by atoms with E-state index in [-0.39, 0.29) is 11.8 Å². The van der Waals surface area contributed by atoms with Crippen LogP contribution in [0.25, 0.3) is 0 Å². The quantitative estimate of drug-likeness (QED) is 0.588. The van der Waals surface area contributed by atoms with Gasteiger partial charge in [0, 0.05) is 0 Å². The normalized spacial score (nSPS) is 11.6. The van der Waals surface area contributed by atoms with Crippen LogP contribution in [0.3, 0.4) is 0 Å². The Kier molecular flexibility index (Phi) is 3.26. The van der Waals surface area contributed by atoms with Gasteiger partial charge in [0.25, 0.3) is 0 Å². The number of hydrogen-bond donors (Lipinski definition) is 1. The molecule has 0 amide bonds. The molecule has 1 aromatic rings. The molecule has 0 saturated carbocycles. The number of nitrogens with zero attached hydrogens (tertiary/aromatic N) is 1. The third kappa shape index (κ3) is 2.12. The lowest BCUT2D eigenvalue weighted by molar-refractivity contribution is 0.372. The number of aliphatic imine (C=N–C) groups is 1. The maximum atomic E-state index is 10.0. The summed E-state index contributed by atoms with van der Waals surface area (Å²) in [6, 6.07) is 4.55. The Hall–Kier alpha value is -1.80. The Labute approximate surface area is 81.9 Å². The lowest BCUT2D eigenvalue weighted by Gasteiger charge is -2.08. The van der Waals surface area contributed by atoms with Gasteiger partial charge in [-0.1, -0.05) is 6.07 Å². The number of hydrogen-bond acceptors (Lipinski definition) is 4. The number of rotatable bonds is 3. The second kappa shape index (κ2) is 4.44. The zero-order chi connectivity index (χ0) is 10.6. The van der Waals surface area contributed by atoms with Crippen LogP contribution in [0.4, 0.5) is 0 Å². The number of isocyanates is 1. The van der Waals surface area contributed by atoms with Crippen molar-refractivity contribution >= 4 is 6.08 Å². The van der Waals surface area contributed by atoms with Crippen molar-refractivity contribution in [2.75, 3.05) is 7.11 Å². The first-order valence-electron chi connectivity index (χ1n) is 4.13. The number of phenols is 1. The van der Waals surface area contributed by atoms with E-state index < -0.39 is 0 Å². The van der Waals surface area contributed by atoms with Gasteiger partial charge in [-0.25, -0.2) is 4.79 Å². The molecule has 1 unspecified atom stereocenters. The van der Waals surface area contributed by atoms with Crippen LogP contribution >= 0.6 is 0 Å². The van der Waals surface area contributed by atoms with Crippen molar-refractivity contribution in [3.05, 3.63) is 23.8 Å². The van der Waals surface area contributed by atoms with Crippen LogP contribution in [0.5, 0.6) is 11.5 Å². The summed E-state index contributed by atoms with van der Waals surface area (Å²) in [5.74, 6) is 0.439. The largest absolute Gasteiger partial charge is 0.504 e. The van der Waals surface area contributed by atoms with E-state index in [2.05, 4.69) is 4.99 Å². The molecular formula is C10H11NO3. The highest BCUT2D eigenvalue weighted by Gasteiger charge is 2.07. The summed E-state index contributed by atoms with van der Waals surface area (Å²) in [4.78, 5) is 13.6. The first kappa shape index (κ1) is 10.3. The molecule has 1 N–H and O–H groups in total. The zero-order valence-electron chi connectivity index (χ0n) is 8.02. The standard InChI is InChI=1S/C10H11NO3/c1-7(11-6-12)8-3-4-9(13)10(5-8)14-2/h3-5,7,13H,1-2H3. The Morgan fingerprint density at radius 1 is 1.57 bits per heavy atom. The fourth-order valence-electron chi connectivity index (χ4n) is 1.11. The van der Waals surface area contributed by atoms with Crippen LogP contribution in [0.2, 0.25) is 0 Å². The van der Waals surface area contributed by atoms with E-state index in [9.17, 15) is 9.90 Å². The van der Waals surface area contributed by atoms with E-state index >= 15 is 0 Å². The van der Waals surface area contributed by atoms with E-state index in [1.807, 2.05) is 0 Å². The van der Waals surface area contributed by atoms with Gasteiger partial charge >= 0.3 is 0 Å². The smallest absolute Gasteiger partial charge is 0.235 e. The van der Waals surface area contributed by atoms with Gasteiger partial charge in [-0.3, -0.25) is 0 Å². The Balaban J connectivity index is 3.05. The summed E-state index contributed by atoms with van der Waals surface area (Å²) < 4.78 is 4.92. The highest BCUT2D eigenvalue weighted by molar-refractivity contribution is 5.43. The summed E-state index contributed by atoms with van der Waals surface area (Å²) in [5.41, 5.74) is 0.794. The number of carbonyl (C=O) groups excluding carboxylic acids is 1. The maximum Gasteiger partial charge on any atom is 0.235 e. The van der Waals surface area contributed by atoms with Crippen molar-refractivity contribution in [1.29, 1.82) is 0 Å². The lowest BCUT2D eigenvalue weighted by Crippen LogP contribution is -1.91. The fourth-order valence-corrected chi connectivity index (χ4v) is 1.11. The highest BCUT2D eigenvalue weighted by atomic mass is 16.5. The second-order valence-corrected chi connectivity index (χ2v) is 2.83. The molecule has 4 heteroatoms. The van der Waals surface area contributed by atoms with Crippen LogP contribution in [-0.2, 0) is 4.79 Å². The van der Waals surface area contributed by atoms with Crippen LogP contribution in [0, 0.1) is 0 Å². The van der Waals surface area contributed by atoms with Crippen LogP contribution in [0.15, 0.2) is 23.2 Å². The average Bonchev–Trinajstić information content (AvgIpc) is 2.19. The van der Waals surface area contributed by atoms with Crippen molar-refractivity contribution in [1.82, 2.24) is 0 Å². The van der Waals surface area contributed by atoms with Crippen molar-refractivity contribution in [3.8, 4) is 11.5 Å². The third-order valence-electron chi connectivity index (χ3n) is 1.93. The van der Waals surface area contributed by atoms with Crippen molar-refractivity contribution in [2.24, 2.45) is 4.99 Å². The van der Waals surface area contributed by atoms with Gasteiger partial charge in [-0.15, -0.1) is 0 Å². The SMILES string of the molecule is COc1cc(C(C)N=C=O)ccc1O. The molecule has 0 aromatic heterocycles. The minimum atomic E-state index is -0.276. The van der Waals surface area contributed by atoms with Crippen molar-refractivity contribution in [3.63, 3.8) is 0 Å². The molecule has 0 aliphatic heterocycles. The monoisotopic (exact) mass is 193 g/mol. The molecule has 0 heterocycles. The summed E-state index contributed by atoms with van der Waals surface area (Å²) in [5, 5.41) is 9.31. The molecule has 0 aliphatic carbocycles. The minimum absolute atomic E-state index is 0.0681. The predicted molar refractivity (Wildman–Crippen MR) is 51.2 cm³/mol. The predicted octanol–water partition coefficient (Wildman–Crippen LogP) is 1.80. The lowest BCUT2D eigenvalue weighted by atomic mass is 10.1. The highest BCUT2D eigenvalue weighted by Crippen LogP contribution is 2.29. The molecule has 4 nitrogen and oxygen atoms in total. The maximum absolute atomic E-state index is 10.0. The molecule has 0 bridgehead atoms. The van der Waals surface area contributed by atoms with Gasteiger partial charge in [0.2, 0.25) is 6.08 Å². The molecule has 1 aromatic carbocycles. The summed E-state index contributed by atoms with van der Waals surface area (Å²) in [7, 11) is 1.46. The van der Waals surface area contributed by atoms with Gasteiger partial charge in [0.1, 0.15) is 0 Å². The van der Waals surface area contributed by atoms with Crippen LogP contribution in [0.1, 0.15) is 18.5 Å². The summed E-state index contributed by atoms with van der Waals surface area (Å²) >= 11 is 0. The third-order valence-corrected chi connectivity index (χ3v) is 1.93. The Morgan fingerprint density at radius 3 is 2.86 bits per heavy atom. The van der Waals surface area contributed by atoms with E-state index in [0.717, 1.165) is 5.56 Å². The van der Waals surface area contributed by atoms with E-state index in [0.29, 0.717) is 5.75 Å². The van der Waals surface area contributed by atoms with E-state index in [1.165, 1.54) is 19.3 Å². The molecule has 0 aliphatic rings. The van der Waals surface area contributed by atoms with Gasteiger partial charge < -0.3 is 9.84 Å². The summed E-state index contributed by atoms with van der Waals surface area (Å²) in [6.07, 6.45) is 1.49. The van der Waals surface area contributed by atoms with Crippen molar-refractivity contribution in [2.45, 2.75) is 13.0 Å². The van der Waals surface area contributed by atoms with E-state index in [4.69, 9.17) is 4.74 Å². The molecule has 0 fully saturated rings. The molecule has 74 valence electrons. The first-order chi connectivity index (χ1) is 6.69. The molecule has 0 saturated heterocycles. The first-order valence-corrected chi connectivity index (χ1v) is 4.13. The molecule has 1 atom stereocenters. The molecule has 0 radical (unpaired) electrons. The topological polar surface area (TPSA) is 58.9 Å². The van der Waals surface area contributed by atoms with Crippen LogP contribution in [-0.4, -0.2) is 18.3 Å². The fraction of sp³-hybridized carbons (Fsp3) is 0.300. The number of ether oxygens (including phenoxy) is 1. The Bertz CT molecular complexity index is 370. The van der Waals surface area contributed by atoms with Crippen molar-refractivity contribution < 1.29 is 14.6 Å². The zero-order valence-corrected chi connectivity index (χ0v) is 8.02. The van der Waals surface area contributed by atoms with E-state index in [1.54, 1.807) is 19.1 Å². The average molecular weight is 193 g/mol. The van der Waals surface area contributed by atoms with Crippen LogP contribution < -0.4 is 4.74 Å². The number of benzene rings is 1. The van der Waals surface area contributed by atoms with Gasteiger partial charge in [-0.2, -0.15) is 4.99 Å². The molecule has 14 heavy (non-hydrogen) atoms.